The maximum Gasteiger partial charge on any atom is 0.137 e. The summed E-state index contributed by atoms with van der Waals surface area (Å²) in [6.07, 6.45) is 1.12. The van der Waals surface area contributed by atoms with Crippen molar-refractivity contribution in [1.29, 1.82) is 0 Å². The van der Waals surface area contributed by atoms with Gasteiger partial charge in [0.05, 0.1) is 0 Å². The molecule has 3 nitrogen and oxygen atoms in total. The minimum Gasteiger partial charge on any atom is -0.370 e. The molecule has 1 N–H and O–H groups in total. The predicted molar refractivity (Wildman–Crippen MR) is 73.7 cm³/mol. The fraction of sp³-hybridized carbons (Fsp3) is 0.692. The first-order valence-electron chi connectivity index (χ1n) is 6.08. The third kappa shape index (κ3) is 4.90. The molecule has 0 fully saturated rings. The number of halogens is 1. The molecule has 1 heterocycles. The first kappa shape index (κ1) is 14.2. The molecule has 0 radical (unpaired) electrons. The van der Waals surface area contributed by atoms with Gasteiger partial charge in [0, 0.05) is 18.0 Å². The number of nitrogens with one attached hydrogen (secondary N) is 1. The molecule has 0 bridgehead atoms. The van der Waals surface area contributed by atoms with Crippen molar-refractivity contribution in [2.75, 3.05) is 11.9 Å². The highest BCUT2D eigenvalue weighted by molar-refractivity contribution is 6.29. The summed E-state index contributed by atoms with van der Waals surface area (Å²) in [4.78, 5) is 8.76. The minimum atomic E-state index is -0.0840. The van der Waals surface area contributed by atoms with Crippen molar-refractivity contribution in [2.24, 2.45) is 5.92 Å². The third-order valence-electron chi connectivity index (χ3n) is 2.39. The molecule has 0 spiro atoms. The van der Waals surface area contributed by atoms with Crippen LogP contribution >= 0.6 is 11.6 Å². The Kier molecular flexibility index (Phi) is 4.75. The van der Waals surface area contributed by atoms with E-state index in [-0.39, 0.29) is 5.41 Å². The molecule has 0 aromatic carbocycles. The molecule has 4 heteroatoms. The molecule has 1 aromatic heterocycles. The Hall–Kier alpha value is -0.830. The molecular formula is C13H22ClN3. The van der Waals surface area contributed by atoms with Gasteiger partial charge in [-0.1, -0.05) is 46.2 Å². The van der Waals surface area contributed by atoms with Crippen LogP contribution in [0.3, 0.4) is 0 Å². The molecule has 1 aromatic rings. The lowest BCUT2D eigenvalue weighted by molar-refractivity contribution is 0.545. The summed E-state index contributed by atoms with van der Waals surface area (Å²) in [5.41, 5.74) is -0.0840. The Morgan fingerprint density at radius 2 is 1.94 bits per heavy atom. The topological polar surface area (TPSA) is 37.8 Å². The Morgan fingerprint density at radius 1 is 1.29 bits per heavy atom. The Bertz CT molecular complexity index is 369. The molecule has 0 amide bonds. The summed E-state index contributed by atoms with van der Waals surface area (Å²) in [6.45, 7) is 11.6. The lowest BCUT2D eigenvalue weighted by Crippen LogP contribution is -2.17. The number of hydrogen-bond donors (Lipinski definition) is 1. The average molecular weight is 256 g/mol. The Morgan fingerprint density at radius 3 is 2.47 bits per heavy atom. The molecule has 0 saturated carbocycles. The molecule has 0 atom stereocenters. The largest absolute Gasteiger partial charge is 0.370 e. The summed E-state index contributed by atoms with van der Waals surface area (Å²) in [5, 5.41) is 3.79. The third-order valence-corrected chi connectivity index (χ3v) is 2.59. The second-order valence-corrected chi connectivity index (χ2v) is 6.15. The summed E-state index contributed by atoms with van der Waals surface area (Å²) >= 11 is 6.01. The molecular weight excluding hydrogens is 234 g/mol. The predicted octanol–water partition coefficient (Wildman–Crippen LogP) is 3.89. The van der Waals surface area contributed by atoms with Gasteiger partial charge in [0.25, 0.3) is 0 Å². The zero-order valence-electron chi connectivity index (χ0n) is 11.3. The van der Waals surface area contributed by atoms with Crippen molar-refractivity contribution in [3.63, 3.8) is 0 Å². The highest BCUT2D eigenvalue weighted by Gasteiger charge is 2.18. The summed E-state index contributed by atoms with van der Waals surface area (Å²) in [7, 11) is 0. The number of anilines is 1. The number of hydrogen-bond acceptors (Lipinski definition) is 3. The van der Waals surface area contributed by atoms with Gasteiger partial charge in [0.2, 0.25) is 0 Å². The van der Waals surface area contributed by atoms with Crippen molar-refractivity contribution in [1.82, 2.24) is 9.97 Å². The van der Waals surface area contributed by atoms with E-state index in [4.69, 9.17) is 11.6 Å². The molecule has 17 heavy (non-hydrogen) atoms. The van der Waals surface area contributed by atoms with E-state index in [1.54, 1.807) is 6.07 Å². The van der Waals surface area contributed by atoms with Crippen LogP contribution in [0.15, 0.2) is 6.07 Å². The minimum absolute atomic E-state index is 0.0840. The van der Waals surface area contributed by atoms with E-state index in [1.807, 2.05) is 0 Å². The summed E-state index contributed by atoms with van der Waals surface area (Å²) < 4.78 is 0. The van der Waals surface area contributed by atoms with Crippen molar-refractivity contribution >= 4 is 17.4 Å². The van der Waals surface area contributed by atoms with Crippen molar-refractivity contribution in [3.05, 3.63) is 17.0 Å². The van der Waals surface area contributed by atoms with Crippen molar-refractivity contribution in [3.8, 4) is 0 Å². The van der Waals surface area contributed by atoms with Crippen LogP contribution in [0.2, 0.25) is 5.15 Å². The number of aromatic nitrogens is 2. The smallest absolute Gasteiger partial charge is 0.137 e. The van der Waals surface area contributed by atoms with Gasteiger partial charge in [0.15, 0.2) is 0 Å². The molecule has 0 aliphatic carbocycles. The molecule has 0 aliphatic rings. The van der Waals surface area contributed by atoms with Crippen LogP contribution in [0.5, 0.6) is 0 Å². The number of rotatable bonds is 4. The van der Waals surface area contributed by atoms with Gasteiger partial charge in [-0.3, -0.25) is 0 Å². The SMILES string of the molecule is CC(C)CCNc1cc(Cl)nc(C(C)(C)C)n1. The first-order chi connectivity index (χ1) is 7.79. The van der Waals surface area contributed by atoms with Crippen LogP contribution in [0.4, 0.5) is 5.82 Å². The van der Waals surface area contributed by atoms with Gasteiger partial charge >= 0.3 is 0 Å². The van der Waals surface area contributed by atoms with Crippen molar-refractivity contribution < 1.29 is 0 Å². The van der Waals surface area contributed by atoms with Crippen molar-refractivity contribution in [2.45, 2.75) is 46.5 Å². The zero-order valence-corrected chi connectivity index (χ0v) is 12.1. The lowest BCUT2D eigenvalue weighted by Gasteiger charge is -2.18. The summed E-state index contributed by atoms with van der Waals surface area (Å²) in [6, 6.07) is 1.77. The van der Waals surface area contributed by atoms with E-state index in [0.29, 0.717) is 11.1 Å². The second-order valence-electron chi connectivity index (χ2n) is 5.76. The molecule has 0 aliphatic heterocycles. The normalized spacial score (nSPS) is 11.9. The van der Waals surface area contributed by atoms with Crippen LogP contribution in [-0.4, -0.2) is 16.5 Å². The Balaban J connectivity index is 2.76. The average Bonchev–Trinajstić information content (AvgIpc) is 2.14. The highest BCUT2D eigenvalue weighted by Crippen LogP contribution is 2.22. The molecule has 96 valence electrons. The summed E-state index contributed by atoms with van der Waals surface area (Å²) in [5.74, 6) is 2.27. The van der Waals surface area contributed by atoms with Crippen LogP contribution in [0.25, 0.3) is 0 Å². The second kappa shape index (κ2) is 5.67. The maximum atomic E-state index is 6.01. The fourth-order valence-electron chi connectivity index (χ4n) is 1.33. The number of nitrogens with zero attached hydrogens (tertiary/aromatic N) is 2. The van der Waals surface area contributed by atoms with Gasteiger partial charge in [-0.25, -0.2) is 9.97 Å². The zero-order chi connectivity index (χ0) is 13.1. The first-order valence-corrected chi connectivity index (χ1v) is 6.46. The molecule has 1 rings (SSSR count). The van der Waals surface area contributed by atoms with Gasteiger partial charge in [-0.05, 0) is 12.3 Å². The lowest BCUT2D eigenvalue weighted by atomic mass is 9.96. The van der Waals surface area contributed by atoms with Crippen LogP contribution in [0, 0.1) is 5.92 Å². The Labute approximate surface area is 109 Å². The van der Waals surface area contributed by atoms with Gasteiger partial charge < -0.3 is 5.32 Å². The maximum absolute atomic E-state index is 6.01. The van der Waals surface area contributed by atoms with Crippen LogP contribution < -0.4 is 5.32 Å². The molecule has 0 saturated heterocycles. The highest BCUT2D eigenvalue weighted by atomic mass is 35.5. The van der Waals surface area contributed by atoms with E-state index in [9.17, 15) is 0 Å². The van der Waals surface area contributed by atoms with Gasteiger partial charge in [0.1, 0.15) is 16.8 Å². The van der Waals surface area contributed by atoms with E-state index < -0.39 is 0 Å². The quantitative estimate of drug-likeness (QED) is 0.830. The van der Waals surface area contributed by atoms with Crippen LogP contribution in [-0.2, 0) is 5.41 Å². The van der Waals surface area contributed by atoms with E-state index >= 15 is 0 Å². The monoisotopic (exact) mass is 255 g/mol. The van der Waals surface area contributed by atoms with E-state index in [1.165, 1.54) is 0 Å². The van der Waals surface area contributed by atoms with Gasteiger partial charge in [-0.2, -0.15) is 0 Å². The molecule has 0 unspecified atom stereocenters. The van der Waals surface area contributed by atoms with Crippen LogP contribution in [0.1, 0.15) is 46.9 Å². The van der Waals surface area contributed by atoms with E-state index in [0.717, 1.165) is 24.6 Å². The standard InChI is InChI=1S/C13H22ClN3/c1-9(2)6-7-15-11-8-10(14)16-12(17-11)13(3,4)5/h8-9H,6-7H2,1-5H3,(H,15,16,17). The fourth-order valence-corrected chi connectivity index (χ4v) is 1.52. The van der Waals surface area contributed by atoms with Gasteiger partial charge in [-0.15, -0.1) is 0 Å². The van der Waals surface area contributed by atoms with E-state index in [2.05, 4.69) is 49.9 Å².